The van der Waals surface area contributed by atoms with E-state index in [1.807, 2.05) is 18.2 Å². The largest absolute Gasteiger partial charge is 0.313 e. The van der Waals surface area contributed by atoms with Gasteiger partial charge in [-0.25, -0.2) is 0 Å². The van der Waals surface area contributed by atoms with Crippen molar-refractivity contribution >= 4 is 41.0 Å². The lowest BCUT2D eigenvalue weighted by atomic mass is 10.1. The molecule has 1 aromatic heterocycles. The summed E-state index contributed by atoms with van der Waals surface area (Å²) in [4.78, 5) is 23.6. The number of hydrogen-bond donors (Lipinski definition) is 3. The van der Waals surface area contributed by atoms with Crippen LogP contribution in [0.1, 0.15) is 5.56 Å². The Labute approximate surface area is 142 Å². The van der Waals surface area contributed by atoms with Crippen molar-refractivity contribution < 1.29 is 9.59 Å². The van der Waals surface area contributed by atoms with Crippen LogP contribution in [0.25, 0.3) is 0 Å². The zero-order valence-electron chi connectivity index (χ0n) is 12.0. The van der Waals surface area contributed by atoms with Crippen molar-refractivity contribution in [3.05, 3.63) is 58.3 Å². The van der Waals surface area contributed by atoms with Gasteiger partial charge < -0.3 is 4.57 Å². The zero-order chi connectivity index (χ0) is 16.8. The molecule has 2 amide bonds. The summed E-state index contributed by atoms with van der Waals surface area (Å²) < 4.78 is 1.37. The Balaban J connectivity index is 1.82. The van der Waals surface area contributed by atoms with Crippen LogP contribution < -0.4 is 10.6 Å². The minimum Gasteiger partial charge on any atom is -0.313 e. The van der Waals surface area contributed by atoms with Crippen LogP contribution in [-0.4, -0.2) is 22.3 Å². The number of nitrogens with zero attached hydrogens (tertiary/aromatic N) is 1. The first-order chi connectivity index (χ1) is 11.0. The average molecular weight is 353 g/mol. The van der Waals surface area contributed by atoms with Crippen molar-refractivity contribution in [3.8, 4) is 0 Å². The molecule has 0 unspecified atom stereocenters. The topological polar surface area (TPSA) is 87.0 Å². The molecule has 3 N–H and O–H groups in total. The van der Waals surface area contributed by atoms with Gasteiger partial charge in [0.1, 0.15) is 16.9 Å². The molecule has 23 heavy (non-hydrogen) atoms. The number of aromatic nitrogens is 1. The van der Waals surface area contributed by atoms with Crippen LogP contribution in [0.2, 0.25) is 10.3 Å². The molecule has 0 atom stereocenters. The molecule has 0 saturated heterocycles. The van der Waals surface area contributed by atoms with E-state index in [-0.39, 0.29) is 13.0 Å². The molecule has 0 aliphatic heterocycles. The predicted octanol–water partition coefficient (Wildman–Crippen LogP) is 2.20. The maximum atomic E-state index is 11.8. The molecule has 1 aromatic carbocycles. The van der Waals surface area contributed by atoms with E-state index in [2.05, 4.69) is 10.6 Å². The molecule has 1 heterocycles. The lowest BCUT2D eigenvalue weighted by Gasteiger charge is -2.10. The number of guanidine groups is 1. The summed E-state index contributed by atoms with van der Waals surface area (Å²) in [5, 5.41) is 12.8. The van der Waals surface area contributed by atoms with Gasteiger partial charge in [-0.1, -0.05) is 53.5 Å². The van der Waals surface area contributed by atoms with Crippen molar-refractivity contribution in [1.29, 1.82) is 5.41 Å². The van der Waals surface area contributed by atoms with E-state index < -0.39 is 17.8 Å². The van der Waals surface area contributed by atoms with E-state index in [0.29, 0.717) is 10.3 Å². The summed E-state index contributed by atoms with van der Waals surface area (Å²) in [7, 11) is 0. The number of rotatable bonds is 4. The highest BCUT2D eigenvalue weighted by Gasteiger charge is 2.12. The highest BCUT2D eigenvalue weighted by Crippen LogP contribution is 2.18. The molecule has 6 nitrogen and oxygen atoms in total. The second-order valence-electron chi connectivity index (χ2n) is 4.70. The number of amides is 2. The molecule has 0 fully saturated rings. The first-order valence-corrected chi connectivity index (χ1v) is 7.44. The van der Waals surface area contributed by atoms with Crippen molar-refractivity contribution in [2.45, 2.75) is 13.0 Å². The van der Waals surface area contributed by atoms with Crippen LogP contribution in [0.3, 0.4) is 0 Å². The van der Waals surface area contributed by atoms with E-state index >= 15 is 0 Å². The molecule has 2 aromatic rings. The monoisotopic (exact) mass is 352 g/mol. The van der Waals surface area contributed by atoms with Crippen molar-refractivity contribution in [2.75, 3.05) is 0 Å². The highest BCUT2D eigenvalue weighted by molar-refractivity contribution is 6.33. The minimum absolute atomic E-state index is 0.119. The summed E-state index contributed by atoms with van der Waals surface area (Å²) >= 11 is 11.8. The summed E-state index contributed by atoms with van der Waals surface area (Å²) in [5.41, 5.74) is 0.815. The Morgan fingerprint density at radius 2 is 1.52 bits per heavy atom. The van der Waals surface area contributed by atoms with Crippen molar-refractivity contribution in [2.24, 2.45) is 0 Å². The maximum absolute atomic E-state index is 11.8. The van der Waals surface area contributed by atoms with Gasteiger partial charge in [-0.15, -0.1) is 0 Å². The predicted molar refractivity (Wildman–Crippen MR) is 88.6 cm³/mol. The van der Waals surface area contributed by atoms with Gasteiger partial charge >= 0.3 is 0 Å². The summed E-state index contributed by atoms with van der Waals surface area (Å²) in [6.07, 6.45) is 0.119. The molecular weight excluding hydrogens is 339 g/mol. The van der Waals surface area contributed by atoms with Crippen LogP contribution >= 0.6 is 23.2 Å². The number of hydrogen-bond acceptors (Lipinski definition) is 3. The average Bonchev–Trinajstić information content (AvgIpc) is 2.79. The van der Waals surface area contributed by atoms with Crippen LogP contribution in [-0.2, 0) is 22.6 Å². The fourth-order valence-corrected chi connectivity index (χ4v) is 2.36. The van der Waals surface area contributed by atoms with Gasteiger partial charge in [0.15, 0.2) is 0 Å². The fourth-order valence-electron chi connectivity index (χ4n) is 1.89. The van der Waals surface area contributed by atoms with Crippen LogP contribution in [0.15, 0.2) is 42.5 Å². The SMILES string of the molecule is N=C(NC(=O)Cc1ccccc1)NC(=O)Cn1c(Cl)ccc1Cl. The van der Waals surface area contributed by atoms with Gasteiger partial charge in [0.2, 0.25) is 17.8 Å². The number of carbonyl (C=O) groups is 2. The number of benzene rings is 1. The number of nitrogens with one attached hydrogen (secondary N) is 3. The number of halogens is 2. The molecular formula is C15H14Cl2N4O2. The van der Waals surface area contributed by atoms with Crippen molar-refractivity contribution in [1.82, 2.24) is 15.2 Å². The van der Waals surface area contributed by atoms with Gasteiger partial charge in [-0.3, -0.25) is 25.6 Å². The third-order valence-corrected chi connectivity index (χ3v) is 3.57. The summed E-state index contributed by atoms with van der Waals surface area (Å²) in [5.74, 6) is -1.30. The Kier molecular flexibility index (Phi) is 5.78. The first-order valence-electron chi connectivity index (χ1n) is 6.68. The zero-order valence-corrected chi connectivity index (χ0v) is 13.5. The van der Waals surface area contributed by atoms with E-state index in [9.17, 15) is 9.59 Å². The van der Waals surface area contributed by atoms with Gasteiger partial charge in [0.05, 0.1) is 6.42 Å². The van der Waals surface area contributed by atoms with E-state index in [4.69, 9.17) is 28.6 Å². The fraction of sp³-hybridized carbons (Fsp3) is 0.133. The molecule has 120 valence electrons. The van der Waals surface area contributed by atoms with E-state index in [1.165, 1.54) is 4.57 Å². The van der Waals surface area contributed by atoms with Gasteiger partial charge in [-0.05, 0) is 17.7 Å². The third kappa shape index (κ3) is 5.12. The van der Waals surface area contributed by atoms with E-state index in [1.54, 1.807) is 24.3 Å². The molecule has 0 saturated carbocycles. The van der Waals surface area contributed by atoms with Gasteiger partial charge in [0, 0.05) is 0 Å². The summed E-state index contributed by atoms with van der Waals surface area (Å²) in [6.45, 7) is -0.151. The Morgan fingerprint density at radius 3 is 2.13 bits per heavy atom. The highest BCUT2D eigenvalue weighted by atomic mass is 35.5. The van der Waals surface area contributed by atoms with Gasteiger partial charge in [-0.2, -0.15) is 0 Å². The molecule has 0 spiro atoms. The normalized spacial score (nSPS) is 10.2. The lowest BCUT2D eigenvalue weighted by molar-refractivity contribution is -0.120. The van der Waals surface area contributed by atoms with Crippen LogP contribution in [0, 0.1) is 5.41 Å². The third-order valence-electron chi connectivity index (χ3n) is 2.91. The Morgan fingerprint density at radius 1 is 0.957 bits per heavy atom. The maximum Gasteiger partial charge on any atom is 0.246 e. The standard InChI is InChI=1S/C15H14Cl2N4O2/c16-11-6-7-12(17)21(11)9-14(23)20-15(18)19-13(22)8-10-4-2-1-3-5-10/h1-7H,8-9H2,(H3,18,19,20,22,23). The molecule has 0 aliphatic carbocycles. The Hall–Kier alpha value is -2.31. The van der Waals surface area contributed by atoms with Crippen LogP contribution in [0.5, 0.6) is 0 Å². The first kappa shape index (κ1) is 17.1. The van der Waals surface area contributed by atoms with Crippen LogP contribution in [0.4, 0.5) is 0 Å². The smallest absolute Gasteiger partial charge is 0.246 e. The van der Waals surface area contributed by atoms with E-state index in [0.717, 1.165) is 5.56 Å². The Bertz CT molecular complexity index is 709. The minimum atomic E-state index is -0.519. The number of carbonyl (C=O) groups excluding carboxylic acids is 2. The summed E-state index contributed by atoms with van der Waals surface area (Å²) in [6, 6.07) is 12.2. The van der Waals surface area contributed by atoms with Crippen molar-refractivity contribution in [3.63, 3.8) is 0 Å². The molecule has 8 heteroatoms. The molecule has 2 rings (SSSR count). The second-order valence-corrected chi connectivity index (χ2v) is 5.47. The lowest BCUT2D eigenvalue weighted by Crippen LogP contribution is -2.44. The molecule has 0 aliphatic rings. The molecule has 0 bridgehead atoms. The van der Waals surface area contributed by atoms with Gasteiger partial charge in [0.25, 0.3) is 0 Å². The second kappa shape index (κ2) is 7.80. The molecule has 0 radical (unpaired) electrons. The quantitative estimate of drug-likeness (QED) is 0.581.